The van der Waals surface area contributed by atoms with Gasteiger partial charge in [-0.2, -0.15) is 0 Å². The van der Waals surface area contributed by atoms with Crippen molar-refractivity contribution in [2.24, 2.45) is 0 Å². The molecule has 112 valence electrons. The molecule has 3 heterocycles. The van der Waals surface area contributed by atoms with E-state index in [1.165, 1.54) is 4.70 Å². The van der Waals surface area contributed by atoms with E-state index < -0.39 is 0 Å². The first-order chi connectivity index (χ1) is 10.8. The smallest absolute Gasteiger partial charge is 0.186 e. The third-order valence-corrected chi connectivity index (χ3v) is 5.42. The van der Waals surface area contributed by atoms with Crippen LogP contribution in [-0.4, -0.2) is 29.2 Å². The highest BCUT2D eigenvalue weighted by Crippen LogP contribution is 2.32. The normalized spacial score (nSPS) is 18.0. The van der Waals surface area contributed by atoms with E-state index in [9.17, 15) is 0 Å². The molecule has 1 aliphatic heterocycles. The van der Waals surface area contributed by atoms with Crippen LogP contribution >= 0.6 is 27.3 Å². The Labute approximate surface area is 140 Å². The highest BCUT2D eigenvalue weighted by molar-refractivity contribution is 9.10. The van der Waals surface area contributed by atoms with Gasteiger partial charge in [0, 0.05) is 25.4 Å². The number of hydrogen-bond donors (Lipinski definition) is 0. The fourth-order valence-corrected chi connectivity index (χ4v) is 3.98. The van der Waals surface area contributed by atoms with Crippen molar-refractivity contribution in [2.75, 3.05) is 18.0 Å². The lowest BCUT2D eigenvalue weighted by molar-refractivity contribution is 0.223. The lowest BCUT2D eigenvalue weighted by Crippen LogP contribution is -2.24. The van der Waals surface area contributed by atoms with Gasteiger partial charge in [0.15, 0.2) is 5.13 Å². The van der Waals surface area contributed by atoms with E-state index in [0.29, 0.717) is 0 Å². The molecule has 2 aromatic heterocycles. The van der Waals surface area contributed by atoms with Crippen LogP contribution in [0.1, 0.15) is 6.42 Å². The molecule has 4 nitrogen and oxygen atoms in total. The Morgan fingerprint density at radius 2 is 2.18 bits per heavy atom. The van der Waals surface area contributed by atoms with Gasteiger partial charge in [-0.25, -0.2) is 4.98 Å². The Morgan fingerprint density at radius 1 is 1.27 bits per heavy atom. The largest absolute Gasteiger partial charge is 0.487 e. The molecule has 22 heavy (non-hydrogen) atoms. The summed E-state index contributed by atoms with van der Waals surface area (Å²) in [6.07, 6.45) is 4.70. The highest BCUT2D eigenvalue weighted by Gasteiger charge is 2.26. The predicted octanol–water partition coefficient (Wildman–Crippen LogP) is 4.11. The van der Waals surface area contributed by atoms with Crippen molar-refractivity contribution in [2.45, 2.75) is 12.5 Å². The summed E-state index contributed by atoms with van der Waals surface area (Å²) < 4.78 is 8.21. The summed E-state index contributed by atoms with van der Waals surface area (Å²) in [6.45, 7) is 1.85. The molecule has 1 saturated heterocycles. The summed E-state index contributed by atoms with van der Waals surface area (Å²) in [5, 5.41) is 1.08. The van der Waals surface area contributed by atoms with Crippen LogP contribution in [0, 0.1) is 0 Å². The molecule has 6 heteroatoms. The topological polar surface area (TPSA) is 38.2 Å². The van der Waals surface area contributed by atoms with Crippen LogP contribution in [0.15, 0.2) is 47.2 Å². The standard InChI is InChI=1S/C16H14BrN3OS/c17-12-9-18-7-5-14(12)21-11-6-8-20(10-11)16-19-13-3-1-2-4-15(13)22-16/h1-5,7,9,11H,6,8,10H2. The molecule has 0 bridgehead atoms. The van der Waals surface area contributed by atoms with Gasteiger partial charge in [-0.05, 0) is 34.1 Å². The maximum Gasteiger partial charge on any atom is 0.186 e. The van der Waals surface area contributed by atoms with Crippen molar-refractivity contribution in [3.05, 3.63) is 47.2 Å². The molecule has 4 rings (SSSR count). The van der Waals surface area contributed by atoms with Gasteiger partial charge in [-0.15, -0.1) is 0 Å². The van der Waals surface area contributed by atoms with Gasteiger partial charge in [-0.3, -0.25) is 4.98 Å². The number of anilines is 1. The maximum absolute atomic E-state index is 6.08. The quantitative estimate of drug-likeness (QED) is 0.690. The Hall–Kier alpha value is -1.66. The minimum absolute atomic E-state index is 0.186. The zero-order valence-electron chi connectivity index (χ0n) is 11.8. The lowest BCUT2D eigenvalue weighted by Gasteiger charge is -2.16. The van der Waals surface area contributed by atoms with E-state index >= 15 is 0 Å². The molecule has 1 aliphatic rings. The molecule has 1 atom stereocenters. The first-order valence-electron chi connectivity index (χ1n) is 7.16. The van der Waals surface area contributed by atoms with Crippen molar-refractivity contribution in [1.29, 1.82) is 0 Å². The van der Waals surface area contributed by atoms with Gasteiger partial charge in [-0.1, -0.05) is 23.5 Å². The number of thiazole rings is 1. The number of ether oxygens (including phenoxy) is 1. The zero-order chi connectivity index (χ0) is 14.9. The van der Waals surface area contributed by atoms with Crippen molar-refractivity contribution in [3.8, 4) is 5.75 Å². The molecule has 0 N–H and O–H groups in total. The second kappa shape index (κ2) is 5.85. The predicted molar refractivity (Wildman–Crippen MR) is 92.8 cm³/mol. The second-order valence-corrected chi connectivity index (χ2v) is 7.11. The van der Waals surface area contributed by atoms with E-state index in [0.717, 1.165) is 40.4 Å². The zero-order valence-corrected chi connectivity index (χ0v) is 14.2. The fourth-order valence-electron chi connectivity index (χ4n) is 2.63. The molecule has 0 saturated carbocycles. The van der Waals surface area contributed by atoms with Crippen LogP contribution in [-0.2, 0) is 0 Å². The van der Waals surface area contributed by atoms with Crippen LogP contribution in [0.5, 0.6) is 5.75 Å². The minimum Gasteiger partial charge on any atom is -0.487 e. The Morgan fingerprint density at radius 3 is 3.05 bits per heavy atom. The molecule has 1 unspecified atom stereocenters. The van der Waals surface area contributed by atoms with E-state index in [-0.39, 0.29) is 6.10 Å². The second-order valence-electron chi connectivity index (χ2n) is 5.24. The summed E-state index contributed by atoms with van der Waals surface area (Å²) in [7, 11) is 0. The number of rotatable bonds is 3. The van der Waals surface area contributed by atoms with E-state index in [1.807, 2.05) is 12.1 Å². The number of hydrogen-bond acceptors (Lipinski definition) is 5. The van der Waals surface area contributed by atoms with Crippen molar-refractivity contribution in [1.82, 2.24) is 9.97 Å². The third-order valence-electron chi connectivity index (χ3n) is 3.73. The average Bonchev–Trinajstić information content (AvgIpc) is 3.15. The van der Waals surface area contributed by atoms with Gasteiger partial charge in [0.25, 0.3) is 0 Å². The first kappa shape index (κ1) is 14.0. The minimum atomic E-state index is 0.186. The summed E-state index contributed by atoms with van der Waals surface area (Å²) in [5.74, 6) is 0.853. The third kappa shape index (κ3) is 2.68. The molecule has 3 aromatic rings. The molecule has 0 radical (unpaired) electrons. The van der Waals surface area contributed by atoms with Gasteiger partial charge in [0.05, 0.1) is 21.2 Å². The number of fused-ring (bicyclic) bond motifs is 1. The van der Waals surface area contributed by atoms with Crippen LogP contribution < -0.4 is 9.64 Å². The van der Waals surface area contributed by atoms with Gasteiger partial charge >= 0.3 is 0 Å². The molecule has 1 aromatic carbocycles. The maximum atomic E-state index is 6.08. The number of benzene rings is 1. The lowest BCUT2D eigenvalue weighted by atomic mass is 10.3. The molecular weight excluding hydrogens is 362 g/mol. The number of aromatic nitrogens is 2. The first-order valence-corrected chi connectivity index (χ1v) is 8.77. The Bertz CT molecular complexity index is 774. The molecular formula is C16H14BrN3OS. The summed E-state index contributed by atoms with van der Waals surface area (Å²) in [5.41, 5.74) is 1.07. The molecule has 0 spiro atoms. The number of halogens is 1. The summed E-state index contributed by atoms with van der Waals surface area (Å²) >= 11 is 5.22. The Kier molecular flexibility index (Phi) is 3.72. The summed E-state index contributed by atoms with van der Waals surface area (Å²) in [6, 6.07) is 10.2. The van der Waals surface area contributed by atoms with E-state index in [1.54, 1.807) is 23.7 Å². The highest BCUT2D eigenvalue weighted by atomic mass is 79.9. The van der Waals surface area contributed by atoms with E-state index in [2.05, 4.69) is 44.0 Å². The average molecular weight is 376 g/mol. The number of nitrogens with zero attached hydrogens (tertiary/aromatic N) is 3. The van der Waals surface area contributed by atoms with Crippen LogP contribution in [0.3, 0.4) is 0 Å². The molecule has 0 aliphatic carbocycles. The van der Waals surface area contributed by atoms with Crippen LogP contribution in [0.25, 0.3) is 10.2 Å². The number of pyridine rings is 1. The van der Waals surface area contributed by atoms with Crippen molar-refractivity contribution in [3.63, 3.8) is 0 Å². The SMILES string of the molecule is Brc1cnccc1OC1CCN(c2nc3ccccc3s2)C1. The Balaban J connectivity index is 1.49. The van der Waals surface area contributed by atoms with Gasteiger partial charge in [0.2, 0.25) is 0 Å². The van der Waals surface area contributed by atoms with Crippen molar-refractivity contribution < 1.29 is 4.74 Å². The number of para-hydroxylation sites is 1. The molecule has 0 amide bonds. The van der Waals surface area contributed by atoms with Crippen LogP contribution in [0.2, 0.25) is 0 Å². The van der Waals surface area contributed by atoms with Crippen molar-refractivity contribution >= 4 is 42.6 Å². The summed E-state index contributed by atoms with van der Waals surface area (Å²) in [4.78, 5) is 11.1. The van der Waals surface area contributed by atoms with Gasteiger partial charge in [0.1, 0.15) is 11.9 Å². The van der Waals surface area contributed by atoms with Gasteiger partial charge < -0.3 is 9.64 Å². The monoisotopic (exact) mass is 375 g/mol. The van der Waals surface area contributed by atoms with E-state index in [4.69, 9.17) is 9.72 Å². The molecule has 1 fully saturated rings. The fraction of sp³-hybridized carbons (Fsp3) is 0.250. The van der Waals surface area contributed by atoms with Crippen LogP contribution in [0.4, 0.5) is 5.13 Å².